The summed E-state index contributed by atoms with van der Waals surface area (Å²) in [6.07, 6.45) is 2.07. The quantitative estimate of drug-likeness (QED) is 0.901. The number of nitrogens with zero attached hydrogens (tertiary/aromatic N) is 1. The topological polar surface area (TPSA) is 68.0 Å². The van der Waals surface area contributed by atoms with E-state index < -0.39 is 0 Å². The fraction of sp³-hybridized carbons (Fsp3) is 0.375. The molecule has 1 unspecified atom stereocenters. The Morgan fingerprint density at radius 1 is 1.35 bits per heavy atom. The summed E-state index contributed by atoms with van der Waals surface area (Å²) >= 11 is 0. The van der Waals surface area contributed by atoms with Crippen molar-refractivity contribution in [2.24, 2.45) is 11.1 Å². The van der Waals surface area contributed by atoms with Gasteiger partial charge in [0.05, 0.1) is 5.52 Å². The molecule has 0 spiro atoms. The third-order valence-electron chi connectivity index (χ3n) is 3.40. The Hall–Kier alpha value is -1.94. The fourth-order valence-corrected chi connectivity index (χ4v) is 1.87. The van der Waals surface area contributed by atoms with Crippen LogP contribution in [0.4, 0.5) is 5.69 Å². The molecule has 1 aromatic carbocycles. The number of nitrogens with one attached hydrogen (secondary N) is 1. The summed E-state index contributed by atoms with van der Waals surface area (Å²) in [6, 6.07) is 9.36. The van der Waals surface area contributed by atoms with E-state index in [0.29, 0.717) is 6.42 Å². The van der Waals surface area contributed by atoms with Crippen molar-refractivity contribution >= 4 is 22.5 Å². The highest BCUT2D eigenvalue weighted by atomic mass is 16.1. The average Bonchev–Trinajstić information content (AvgIpc) is 2.37. The maximum Gasteiger partial charge on any atom is 0.225 e. The maximum atomic E-state index is 12.0. The molecular formula is C16H21N3O. The van der Waals surface area contributed by atoms with Gasteiger partial charge in [0.15, 0.2) is 0 Å². The number of carbonyl (C=O) groups excluding carboxylic acids is 1. The second kappa shape index (κ2) is 5.59. The van der Waals surface area contributed by atoms with Gasteiger partial charge in [0.2, 0.25) is 5.91 Å². The van der Waals surface area contributed by atoms with E-state index in [1.165, 1.54) is 0 Å². The number of anilines is 1. The predicted molar refractivity (Wildman–Crippen MR) is 82.4 cm³/mol. The van der Waals surface area contributed by atoms with Crippen molar-refractivity contribution < 1.29 is 4.79 Å². The van der Waals surface area contributed by atoms with Crippen LogP contribution in [0.5, 0.6) is 0 Å². The van der Waals surface area contributed by atoms with Crippen LogP contribution in [0.3, 0.4) is 0 Å². The second-order valence-corrected chi connectivity index (χ2v) is 6.14. The van der Waals surface area contributed by atoms with Crippen molar-refractivity contribution in [3.63, 3.8) is 0 Å². The summed E-state index contributed by atoms with van der Waals surface area (Å²) in [5, 5.41) is 3.90. The van der Waals surface area contributed by atoms with Crippen LogP contribution < -0.4 is 11.1 Å². The lowest BCUT2D eigenvalue weighted by atomic mass is 9.85. The van der Waals surface area contributed by atoms with Gasteiger partial charge in [-0.1, -0.05) is 26.8 Å². The first-order valence-corrected chi connectivity index (χ1v) is 6.76. The van der Waals surface area contributed by atoms with E-state index >= 15 is 0 Å². The number of hydrogen-bond acceptors (Lipinski definition) is 3. The molecule has 2 aromatic rings. The first-order chi connectivity index (χ1) is 9.36. The monoisotopic (exact) mass is 271 g/mol. The molecule has 1 amide bonds. The zero-order valence-electron chi connectivity index (χ0n) is 12.2. The van der Waals surface area contributed by atoms with Crippen LogP contribution >= 0.6 is 0 Å². The van der Waals surface area contributed by atoms with E-state index in [-0.39, 0.29) is 17.4 Å². The van der Waals surface area contributed by atoms with E-state index in [4.69, 9.17) is 5.73 Å². The van der Waals surface area contributed by atoms with Crippen molar-refractivity contribution in [2.45, 2.75) is 33.2 Å². The number of nitrogens with two attached hydrogens (primary N) is 1. The van der Waals surface area contributed by atoms with Gasteiger partial charge >= 0.3 is 0 Å². The summed E-state index contributed by atoms with van der Waals surface area (Å²) in [5.74, 6) is -0.0596. The fourth-order valence-electron chi connectivity index (χ4n) is 1.87. The molecule has 0 saturated heterocycles. The van der Waals surface area contributed by atoms with Gasteiger partial charge in [0, 0.05) is 29.7 Å². The highest BCUT2D eigenvalue weighted by Crippen LogP contribution is 2.21. The molecule has 1 atom stereocenters. The highest BCUT2D eigenvalue weighted by Gasteiger charge is 2.23. The Labute approximate surface area is 119 Å². The van der Waals surface area contributed by atoms with Crippen molar-refractivity contribution in [1.82, 2.24) is 4.98 Å². The van der Waals surface area contributed by atoms with Gasteiger partial charge in [-0.2, -0.15) is 0 Å². The molecule has 20 heavy (non-hydrogen) atoms. The Balaban J connectivity index is 2.06. The molecule has 2 rings (SSSR count). The minimum Gasteiger partial charge on any atom is -0.327 e. The van der Waals surface area contributed by atoms with E-state index in [9.17, 15) is 4.79 Å². The zero-order chi connectivity index (χ0) is 14.8. The molecule has 0 bridgehead atoms. The van der Waals surface area contributed by atoms with Gasteiger partial charge < -0.3 is 11.1 Å². The van der Waals surface area contributed by atoms with Gasteiger partial charge in [-0.05, 0) is 29.7 Å². The summed E-state index contributed by atoms with van der Waals surface area (Å²) in [4.78, 5) is 16.2. The first-order valence-electron chi connectivity index (χ1n) is 6.76. The lowest BCUT2D eigenvalue weighted by Gasteiger charge is -2.26. The van der Waals surface area contributed by atoms with Crippen molar-refractivity contribution in [3.05, 3.63) is 36.5 Å². The molecule has 0 saturated carbocycles. The van der Waals surface area contributed by atoms with Crippen LogP contribution in [0.2, 0.25) is 0 Å². The molecule has 1 heterocycles. The molecule has 0 radical (unpaired) electrons. The van der Waals surface area contributed by atoms with Crippen molar-refractivity contribution in [1.29, 1.82) is 0 Å². The molecule has 3 N–H and O–H groups in total. The standard InChI is InChI=1S/C16H21N3O/c1-16(2,3)14(17)10-15(20)19-12-6-7-13-11(9-12)5-4-8-18-13/h4-9,14H,10,17H2,1-3H3,(H,19,20). The molecule has 0 aliphatic carbocycles. The lowest BCUT2D eigenvalue weighted by molar-refractivity contribution is -0.117. The third kappa shape index (κ3) is 3.54. The number of amides is 1. The largest absolute Gasteiger partial charge is 0.327 e. The van der Waals surface area contributed by atoms with Gasteiger partial charge in [0.1, 0.15) is 0 Å². The van der Waals surface area contributed by atoms with Gasteiger partial charge in [-0.3, -0.25) is 9.78 Å². The van der Waals surface area contributed by atoms with Crippen LogP contribution in [-0.2, 0) is 4.79 Å². The van der Waals surface area contributed by atoms with Crippen LogP contribution in [0.1, 0.15) is 27.2 Å². The molecular weight excluding hydrogens is 250 g/mol. The zero-order valence-corrected chi connectivity index (χ0v) is 12.2. The predicted octanol–water partition coefficient (Wildman–Crippen LogP) is 2.94. The summed E-state index contributed by atoms with van der Waals surface area (Å²) < 4.78 is 0. The normalized spacial score (nSPS) is 13.2. The third-order valence-corrected chi connectivity index (χ3v) is 3.40. The van der Waals surface area contributed by atoms with Crippen LogP contribution in [-0.4, -0.2) is 16.9 Å². The molecule has 4 heteroatoms. The average molecular weight is 271 g/mol. The SMILES string of the molecule is CC(C)(C)C(N)CC(=O)Nc1ccc2ncccc2c1. The van der Waals surface area contributed by atoms with Crippen LogP contribution in [0.15, 0.2) is 36.5 Å². The summed E-state index contributed by atoms with van der Waals surface area (Å²) in [7, 11) is 0. The molecule has 4 nitrogen and oxygen atoms in total. The molecule has 106 valence electrons. The van der Waals surface area contributed by atoms with E-state index in [1.54, 1.807) is 6.20 Å². The van der Waals surface area contributed by atoms with E-state index in [2.05, 4.69) is 10.3 Å². The Bertz CT molecular complexity index is 616. The van der Waals surface area contributed by atoms with Crippen molar-refractivity contribution in [3.8, 4) is 0 Å². The minimum atomic E-state index is -0.162. The smallest absolute Gasteiger partial charge is 0.225 e. The molecule has 0 aliphatic heterocycles. The number of rotatable bonds is 3. The van der Waals surface area contributed by atoms with Crippen molar-refractivity contribution in [2.75, 3.05) is 5.32 Å². The molecule has 0 fully saturated rings. The molecule has 0 aliphatic rings. The summed E-state index contributed by atoms with van der Waals surface area (Å²) in [6.45, 7) is 6.10. The number of pyridine rings is 1. The van der Waals surface area contributed by atoms with Gasteiger partial charge in [-0.15, -0.1) is 0 Å². The Morgan fingerprint density at radius 3 is 2.80 bits per heavy atom. The minimum absolute atomic E-state index is 0.0596. The Kier molecular flexibility index (Phi) is 4.04. The Morgan fingerprint density at radius 2 is 2.10 bits per heavy atom. The summed E-state index contributed by atoms with van der Waals surface area (Å²) in [5.41, 5.74) is 7.63. The lowest BCUT2D eigenvalue weighted by Crippen LogP contribution is -2.38. The number of fused-ring (bicyclic) bond motifs is 1. The van der Waals surface area contributed by atoms with Gasteiger partial charge in [-0.25, -0.2) is 0 Å². The van der Waals surface area contributed by atoms with E-state index in [1.807, 2.05) is 51.1 Å². The number of benzene rings is 1. The number of hydrogen-bond donors (Lipinski definition) is 2. The van der Waals surface area contributed by atoms with E-state index in [0.717, 1.165) is 16.6 Å². The van der Waals surface area contributed by atoms with Crippen LogP contribution in [0.25, 0.3) is 10.9 Å². The van der Waals surface area contributed by atoms with Gasteiger partial charge in [0.25, 0.3) is 0 Å². The first kappa shape index (κ1) is 14.5. The van der Waals surface area contributed by atoms with Crippen LogP contribution in [0, 0.1) is 5.41 Å². The number of carbonyl (C=O) groups is 1. The number of aromatic nitrogens is 1. The maximum absolute atomic E-state index is 12.0. The molecule has 1 aromatic heterocycles. The second-order valence-electron chi connectivity index (χ2n) is 6.14. The highest BCUT2D eigenvalue weighted by molar-refractivity contribution is 5.93.